The van der Waals surface area contributed by atoms with Gasteiger partial charge in [0.2, 0.25) is 11.6 Å². The van der Waals surface area contributed by atoms with E-state index in [1.54, 1.807) is 29.0 Å². The Hall–Kier alpha value is -4.56. The van der Waals surface area contributed by atoms with Crippen molar-refractivity contribution in [3.05, 3.63) is 100 Å². The molecule has 14 heteroatoms. The minimum Gasteiger partial charge on any atom is -0.385 e. The summed E-state index contributed by atoms with van der Waals surface area (Å²) in [7, 11) is -4.81. The Balaban J connectivity index is 1.85. The number of carbonyl (C=O) groups is 2. The molecule has 39 heavy (non-hydrogen) atoms. The minimum atomic E-state index is -4.81. The lowest BCUT2D eigenvalue weighted by molar-refractivity contribution is 0.0958. The van der Waals surface area contributed by atoms with E-state index >= 15 is 0 Å². The van der Waals surface area contributed by atoms with Crippen LogP contribution in [0.15, 0.2) is 70.9 Å². The van der Waals surface area contributed by atoms with Gasteiger partial charge in [0.15, 0.2) is 11.6 Å². The molecule has 0 fully saturated rings. The third-order valence-electron chi connectivity index (χ3n) is 5.55. The predicted octanol–water partition coefficient (Wildman–Crippen LogP) is 3.69. The lowest BCUT2D eigenvalue weighted by Crippen LogP contribution is -2.37. The van der Waals surface area contributed by atoms with Crippen LogP contribution in [-0.4, -0.2) is 37.0 Å². The van der Waals surface area contributed by atoms with Crippen LogP contribution >= 0.6 is 0 Å². The Bertz CT molecular complexity index is 1660. The van der Waals surface area contributed by atoms with E-state index in [1.165, 1.54) is 0 Å². The number of sulfonamides is 1. The Kier molecular flexibility index (Phi) is 7.26. The molecule has 0 saturated carbocycles. The number of nitrogens with one attached hydrogen (secondary N) is 4. The fraction of sp³-hybridized carbons (Fsp3) is 0.0800. The highest BCUT2D eigenvalue weighted by Crippen LogP contribution is 2.33. The molecular formula is C25H18F4N4O5S. The van der Waals surface area contributed by atoms with Crippen LogP contribution in [0.3, 0.4) is 0 Å². The number of aliphatic hydroxyl groups excluding tert-OH is 1. The molecule has 1 aliphatic heterocycles. The maximum atomic E-state index is 14.5. The van der Waals surface area contributed by atoms with Gasteiger partial charge in [-0.25, -0.2) is 26.0 Å². The summed E-state index contributed by atoms with van der Waals surface area (Å²) >= 11 is 0. The number of Topliss-reactive ketones (excluding diaryl/α,β-unsaturated/α-hetero) is 2. The van der Waals surface area contributed by atoms with Crippen molar-refractivity contribution in [1.29, 1.82) is 5.41 Å². The van der Waals surface area contributed by atoms with Gasteiger partial charge in [-0.3, -0.25) is 19.7 Å². The van der Waals surface area contributed by atoms with Gasteiger partial charge in [-0.2, -0.15) is 0 Å². The molecule has 0 amide bonds. The van der Waals surface area contributed by atoms with E-state index in [2.05, 4.69) is 10.6 Å². The molecule has 3 aromatic carbocycles. The van der Waals surface area contributed by atoms with E-state index in [4.69, 9.17) is 5.41 Å². The van der Waals surface area contributed by atoms with Crippen LogP contribution in [0, 0.1) is 28.7 Å². The largest absolute Gasteiger partial charge is 0.385 e. The van der Waals surface area contributed by atoms with Gasteiger partial charge < -0.3 is 15.7 Å². The zero-order valence-electron chi connectivity index (χ0n) is 19.8. The summed E-state index contributed by atoms with van der Waals surface area (Å²) in [6.07, 6.45) is -1.55. The van der Waals surface area contributed by atoms with Gasteiger partial charge in [-0.15, -0.1) is 0 Å². The second-order valence-electron chi connectivity index (χ2n) is 8.29. The number of benzene rings is 3. The van der Waals surface area contributed by atoms with Crippen molar-refractivity contribution in [2.24, 2.45) is 0 Å². The second kappa shape index (κ2) is 10.3. The zero-order chi connectivity index (χ0) is 28.6. The van der Waals surface area contributed by atoms with Crippen LogP contribution in [0.2, 0.25) is 0 Å². The van der Waals surface area contributed by atoms with Crippen LogP contribution in [0.1, 0.15) is 27.6 Å². The molecule has 0 aliphatic carbocycles. The first-order valence-corrected chi connectivity index (χ1v) is 12.5. The number of hydrogen-bond donors (Lipinski definition) is 5. The van der Waals surface area contributed by atoms with Gasteiger partial charge in [-0.1, -0.05) is 12.1 Å². The van der Waals surface area contributed by atoms with Gasteiger partial charge in [0, 0.05) is 11.6 Å². The molecule has 1 aliphatic rings. The Labute approximate surface area is 218 Å². The number of ketones is 2. The number of para-hydroxylation sites is 2. The van der Waals surface area contributed by atoms with Crippen molar-refractivity contribution < 1.29 is 40.7 Å². The smallest absolute Gasteiger partial charge is 0.265 e. The molecule has 1 heterocycles. The van der Waals surface area contributed by atoms with Crippen LogP contribution in [0.25, 0.3) is 0 Å². The Morgan fingerprint density at radius 3 is 2.05 bits per heavy atom. The second-order valence-corrected chi connectivity index (χ2v) is 9.94. The highest BCUT2D eigenvalue weighted by molar-refractivity contribution is 7.90. The Morgan fingerprint density at radius 1 is 0.872 bits per heavy atom. The maximum Gasteiger partial charge on any atom is 0.265 e. The quantitative estimate of drug-likeness (QED) is 0.0431. The number of allylic oxidation sites excluding steroid dienone is 1. The summed E-state index contributed by atoms with van der Waals surface area (Å²) in [6, 6.07) is 8.86. The number of rotatable bonds is 7. The number of hydrogen-bond acceptors (Lipinski definition) is 8. The van der Waals surface area contributed by atoms with E-state index in [1.807, 2.05) is 0 Å². The molecule has 1 atom stereocenters. The standard InChI is InChI=1S/C25H18F4N4O5S/c1-11(34)24(30)33-39(37,38)20-8-12(6-7-14(20)26)22(35)21(25-31-18-4-2-3-5-19(18)32-25)23(36)13-9-16(28)17(29)10-15(13)27/h2-11,31-32,34H,1H3,(H2,30,33)/t11-/m1/s1. The van der Waals surface area contributed by atoms with Gasteiger partial charge >= 0.3 is 0 Å². The number of carbonyl (C=O) groups excluding carboxylic acids is 2. The molecule has 0 radical (unpaired) electrons. The van der Waals surface area contributed by atoms with Crippen molar-refractivity contribution in [2.75, 3.05) is 10.6 Å². The number of halogens is 4. The molecule has 0 saturated heterocycles. The molecule has 0 unspecified atom stereocenters. The summed E-state index contributed by atoms with van der Waals surface area (Å²) in [5.41, 5.74) is -1.57. The van der Waals surface area contributed by atoms with Gasteiger partial charge in [0.05, 0.1) is 16.9 Å². The number of amidine groups is 1. The highest BCUT2D eigenvalue weighted by atomic mass is 32.2. The molecule has 0 bridgehead atoms. The van der Waals surface area contributed by atoms with Crippen LogP contribution in [0.5, 0.6) is 0 Å². The normalized spacial score (nSPS) is 13.1. The van der Waals surface area contributed by atoms with E-state index in [0.717, 1.165) is 13.0 Å². The highest BCUT2D eigenvalue weighted by Gasteiger charge is 2.32. The average Bonchev–Trinajstić information content (AvgIpc) is 3.29. The van der Waals surface area contributed by atoms with Crippen LogP contribution in [-0.2, 0) is 10.0 Å². The molecule has 202 valence electrons. The predicted molar refractivity (Wildman–Crippen MR) is 132 cm³/mol. The molecule has 5 N–H and O–H groups in total. The molecule has 0 spiro atoms. The fourth-order valence-corrected chi connectivity index (χ4v) is 4.74. The van der Waals surface area contributed by atoms with Crippen LogP contribution in [0.4, 0.5) is 28.9 Å². The van der Waals surface area contributed by atoms with Gasteiger partial charge in [0.1, 0.15) is 39.9 Å². The molecule has 3 aromatic rings. The van der Waals surface area contributed by atoms with Crippen molar-refractivity contribution in [1.82, 2.24) is 4.72 Å². The third kappa shape index (κ3) is 5.37. The third-order valence-corrected chi connectivity index (χ3v) is 6.93. The van der Waals surface area contributed by atoms with Crippen molar-refractivity contribution in [3.63, 3.8) is 0 Å². The van der Waals surface area contributed by atoms with Crippen molar-refractivity contribution in [2.45, 2.75) is 17.9 Å². The average molecular weight is 563 g/mol. The first-order valence-electron chi connectivity index (χ1n) is 11.0. The number of aliphatic hydroxyl groups is 1. The van der Waals surface area contributed by atoms with Crippen molar-refractivity contribution >= 4 is 38.8 Å². The summed E-state index contributed by atoms with van der Waals surface area (Å²) in [6.45, 7) is 1.09. The maximum absolute atomic E-state index is 14.5. The minimum absolute atomic E-state index is 0.130. The topological polar surface area (TPSA) is 148 Å². The fourth-order valence-electron chi connectivity index (χ4n) is 3.57. The summed E-state index contributed by atoms with van der Waals surface area (Å²) in [4.78, 5) is 25.9. The van der Waals surface area contributed by atoms with Gasteiger partial charge in [-0.05, 0) is 43.3 Å². The molecule has 9 nitrogen and oxygen atoms in total. The lowest BCUT2D eigenvalue weighted by atomic mass is 9.95. The lowest BCUT2D eigenvalue weighted by Gasteiger charge is -2.14. The monoisotopic (exact) mass is 562 g/mol. The van der Waals surface area contributed by atoms with E-state index in [9.17, 15) is 40.7 Å². The molecule has 0 aromatic heterocycles. The molecular weight excluding hydrogens is 544 g/mol. The first kappa shape index (κ1) is 27.5. The Morgan fingerprint density at radius 2 is 1.46 bits per heavy atom. The van der Waals surface area contributed by atoms with Crippen LogP contribution < -0.4 is 15.4 Å². The summed E-state index contributed by atoms with van der Waals surface area (Å²) < 4.78 is 83.4. The van der Waals surface area contributed by atoms with E-state index < -0.39 is 78.4 Å². The number of fused-ring (bicyclic) bond motifs is 1. The van der Waals surface area contributed by atoms with E-state index in [0.29, 0.717) is 23.5 Å². The SMILES string of the molecule is C[C@@H](O)C(=N)NS(=O)(=O)c1cc(C(=O)C(C(=O)c2cc(F)c(F)cc2F)=C2Nc3ccccc3N2)ccc1F. The first-order chi connectivity index (χ1) is 18.3. The van der Waals surface area contributed by atoms with E-state index in [-0.39, 0.29) is 18.0 Å². The van der Waals surface area contributed by atoms with Crippen molar-refractivity contribution in [3.8, 4) is 0 Å². The summed E-state index contributed by atoms with van der Waals surface area (Å²) in [5, 5.41) is 22.4. The number of anilines is 2. The zero-order valence-corrected chi connectivity index (χ0v) is 20.6. The van der Waals surface area contributed by atoms with Gasteiger partial charge in [0.25, 0.3) is 10.0 Å². The summed E-state index contributed by atoms with van der Waals surface area (Å²) in [5.74, 6) is -9.70. The molecule has 4 rings (SSSR count).